The second-order valence-electron chi connectivity index (χ2n) is 5.12. The molecule has 0 amide bonds. The molecule has 0 radical (unpaired) electrons. The summed E-state index contributed by atoms with van der Waals surface area (Å²) in [6.45, 7) is 9.36. The van der Waals surface area contributed by atoms with Gasteiger partial charge in [-0.2, -0.15) is 5.10 Å². The Bertz CT molecular complexity index is 542. The quantitative estimate of drug-likeness (QED) is 0.877. The van der Waals surface area contributed by atoms with Crippen LogP contribution in [0.15, 0.2) is 24.3 Å². The first-order chi connectivity index (χ1) is 9.65. The van der Waals surface area contributed by atoms with Gasteiger partial charge < -0.3 is 5.32 Å². The molecule has 4 nitrogen and oxygen atoms in total. The molecular formula is C16H24N4. The number of nitrogens with zero attached hydrogens (tertiary/aromatic N) is 3. The lowest BCUT2D eigenvalue weighted by Gasteiger charge is -2.17. The van der Waals surface area contributed by atoms with Crippen LogP contribution in [-0.2, 0) is 0 Å². The Morgan fingerprint density at radius 1 is 1.15 bits per heavy atom. The Morgan fingerprint density at radius 2 is 1.85 bits per heavy atom. The third-order valence-corrected chi connectivity index (χ3v) is 3.46. The lowest BCUT2D eigenvalue weighted by molar-refractivity contribution is 0.518. The molecule has 1 N–H and O–H groups in total. The smallest absolute Gasteiger partial charge is 0.148 e. The molecule has 0 aliphatic rings. The van der Waals surface area contributed by atoms with Crippen molar-refractivity contribution < 1.29 is 0 Å². The molecule has 0 saturated heterocycles. The molecule has 0 aliphatic carbocycles. The van der Waals surface area contributed by atoms with Gasteiger partial charge in [-0.3, -0.25) is 0 Å². The van der Waals surface area contributed by atoms with E-state index in [1.54, 1.807) is 0 Å². The van der Waals surface area contributed by atoms with Crippen molar-refractivity contribution in [3.8, 4) is 5.69 Å². The zero-order chi connectivity index (χ0) is 14.5. The Balaban J connectivity index is 2.19. The first-order valence-corrected chi connectivity index (χ1v) is 7.39. The van der Waals surface area contributed by atoms with Crippen LogP contribution in [-0.4, -0.2) is 21.3 Å². The third-order valence-electron chi connectivity index (χ3n) is 3.46. The van der Waals surface area contributed by atoms with E-state index in [1.807, 2.05) is 18.5 Å². The number of aromatic nitrogens is 3. The van der Waals surface area contributed by atoms with Gasteiger partial charge in [-0.25, -0.2) is 9.67 Å². The SMILES string of the molecule is CCCNC(CC)c1ccc(-n2nc(C)nc2C)cc1. The van der Waals surface area contributed by atoms with Crippen LogP contribution in [0.1, 0.15) is 49.9 Å². The van der Waals surface area contributed by atoms with E-state index in [0.29, 0.717) is 6.04 Å². The van der Waals surface area contributed by atoms with E-state index in [9.17, 15) is 0 Å². The van der Waals surface area contributed by atoms with Crippen LogP contribution >= 0.6 is 0 Å². The fourth-order valence-electron chi connectivity index (χ4n) is 2.43. The maximum Gasteiger partial charge on any atom is 0.148 e. The summed E-state index contributed by atoms with van der Waals surface area (Å²) in [6, 6.07) is 9.03. The van der Waals surface area contributed by atoms with Crippen molar-refractivity contribution >= 4 is 0 Å². The van der Waals surface area contributed by atoms with Crippen molar-refractivity contribution in [1.82, 2.24) is 20.1 Å². The molecule has 2 rings (SSSR count). The van der Waals surface area contributed by atoms with Crippen molar-refractivity contribution in [3.63, 3.8) is 0 Å². The first kappa shape index (κ1) is 14.7. The molecule has 1 heterocycles. The van der Waals surface area contributed by atoms with Crippen molar-refractivity contribution in [1.29, 1.82) is 0 Å². The van der Waals surface area contributed by atoms with E-state index in [4.69, 9.17) is 0 Å². The second kappa shape index (κ2) is 6.66. The number of hydrogen-bond acceptors (Lipinski definition) is 3. The predicted molar refractivity (Wildman–Crippen MR) is 82.2 cm³/mol. The van der Waals surface area contributed by atoms with E-state index in [2.05, 4.69) is 53.5 Å². The van der Waals surface area contributed by atoms with Gasteiger partial charge in [0, 0.05) is 6.04 Å². The first-order valence-electron chi connectivity index (χ1n) is 7.39. The Kier molecular flexibility index (Phi) is 4.90. The number of hydrogen-bond donors (Lipinski definition) is 1. The molecule has 1 aromatic heterocycles. The molecule has 1 unspecified atom stereocenters. The fourth-order valence-corrected chi connectivity index (χ4v) is 2.43. The summed E-state index contributed by atoms with van der Waals surface area (Å²) in [5.74, 6) is 1.73. The molecule has 0 spiro atoms. The topological polar surface area (TPSA) is 42.7 Å². The summed E-state index contributed by atoms with van der Waals surface area (Å²) in [6.07, 6.45) is 2.26. The van der Waals surface area contributed by atoms with E-state index < -0.39 is 0 Å². The van der Waals surface area contributed by atoms with Gasteiger partial charge in [-0.05, 0) is 50.9 Å². The summed E-state index contributed by atoms with van der Waals surface area (Å²) in [4.78, 5) is 4.34. The Hall–Kier alpha value is -1.68. The van der Waals surface area contributed by atoms with Crippen molar-refractivity contribution in [2.24, 2.45) is 0 Å². The minimum Gasteiger partial charge on any atom is -0.310 e. The lowest BCUT2D eigenvalue weighted by Crippen LogP contribution is -2.21. The van der Waals surface area contributed by atoms with Crippen LogP contribution in [0.3, 0.4) is 0 Å². The van der Waals surface area contributed by atoms with E-state index in [0.717, 1.165) is 36.7 Å². The fraction of sp³-hybridized carbons (Fsp3) is 0.500. The van der Waals surface area contributed by atoms with Crippen LogP contribution in [0.5, 0.6) is 0 Å². The number of benzene rings is 1. The maximum atomic E-state index is 4.41. The molecule has 0 bridgehead atoms. The number of nitrogens with one attached hydrogen (secondary N) is 1. The minimum absolute atomic E-state index is 0.433. The highest BCUT2D eigenvalue weighted by Crippen LogP contribution is 2.19. The van der Waals surface area contributed by atoms with Gasteiger partial charge in [0.1, 0.15) is 11.6 Å². The standard InChI is InChI=1S/C16H24N4/c1-5-11-17-16(6-2)14-7-9-15(10-8-14)20-13(4)18-12(3)19-20/h7-10,16-17H,5-6,11H2,1-4H3. The average molecular weight is 272 g/mol. The number of rotatable bonds is 6. The third kappa shape index (κ3) is 3.25. The van der Waals surface area contributed by atoms with Gasteiger partial charge in [0.05, 0.1) is 5.69 Å². The summed E-state index contributed by atoms with van der Waals surface area (Å²) in [7, 11) is 0. The highest BCUT2D eigenvalue weighted by Gasteiger charge is 2.09. The van der Waals surface area contributed by atoms with Crippen LogP contribution in [0.25, 0.3) is 5.69 Å². The van der Waals surface area contributed by atoms with E-state index >= 15 is 0 Å². The average Bonchev–Trinajstić information content (AvgIpc) is 2.79. The zero-order valence-electron chi connectivity index (χ0n) is 12.8. The van der Waals surface area contributed by atoms with Gasteiger partial charge in [0.15, 0.2) is 0 Å². The molecule has 1 atom stereocenters. The maximum absolute atomic E-state index is 4.41. The summed E-state index contributed by atoms with van der Waals surface area (Å²) in [5, 5.41) is 7.99. The molecule has 0 aliphatic heterocycles. The predicted octanol–water partition coefficient (Wildman–Crippen LogP) is 3.33. The van der Waals surface area contributed by atoms with Gasteiger partial charge in [-0.1, -0.05) is 26.0 Å². The minimum atomic E-state index is 0.433. The van der Waals surface area contributed by atoms with Crippen molar-refractivity contribution in [2.45, 2.75) is 46.6 Å². The van der Waals surface area contributed by atoms with Crippen LogP contribution in [0.4, 0.5) is 0 Å². The van der Waals surface area contributed by atoms with Crippen LogP contribution < -0.4 is 5.32 Å². The molecule has 108 valence electrons. The van der Waals surface area contributed by atoms with Crippen LogP contribution in [0, 0.1) is 13.8 Å². The van der Waals surface area contributed by atoms with Gasteiger partial charge in [-0.15, -0.1) is 0 Å². The molecule has 2 aromatic rings. The zero-order valence-corrected chi connectivity index (χ0v) is 12.8. The second-order valence-corrected chi connectivity index (χ2v) is 5.12. The highest BCUT2D eigenvalue weighted by molar-refractivity contribution is 5.35. The lowest BCUT2D eigenvalue weighted by atomic mass is 10.0. The number of aryl methyl sites for hydroxylation is 2. The Labute approximate surface area is 121 Å². The van der Waals surface area contributed by atoms with Gasteiger partial charge >= 0.3 is 0 Å². The van der Waals surface area contributed by atoms with Crippen molar-refractivity contribution in [3.05, 3.63) is 41.5 Å². The summed E-state index contributed by atoms with van der Waals surface area (Å²) >= 11 is 0. The molecule has 4 heteroatoms. The van der Waals surface area contributed by atoms with Crippen LogP contribution in [0.2, 0.25) is 0 Å². The summed E-state index contributed by atoms with van der Waals surface area (Å²) in [5.41, 5.74) is 2.40. The van der Waals surface area contributed by atoms with Gasteiger partial charge in [0.2, 0.25) is 0 Å². The summed E-state index contributed by atoms with van der Waals surface area (Å²) < 4.78 is 1.89. The molecule has 1 aromatic carbocycles. The molecule has 0 saturated carbocycles. The van der Waals surface area contributed by atoms with E-state index in [1.165, 1.54) is 5.56 Å². The Morgan fingerprint density at radius 3 is 2.35 bits per heavy atom. The molecule has 20 heavy (non-hydrogen) atoms. The highest BCUT2D eigenvalue weighted by atomic mass is 15.3. The monoisotopic (exact) mass is 272 g/mol. The normalized spacial score (nSPS) is 12.6. The van der Waals surface area contributed by atoms with Gasteiger partial charge in [0.25, 0.3) is 0 Å². The van der Waals surface area contributed by atoms with Crippen molar-refractivity contribution in [2.75, 3.05) is 6.54 Å². The largest absolute Gasteiger partial charge is 0.310 e. The molecular weight excluding hydrogens is 248 g/mol. The molecule has 0 fully saturated rings. The van der Waals surface area contributed by atoms with E-state index in [-0.39, 0.29) is 0 Å².